The lowest BCUT2D eigenvalue weighted by Gasteiger charge is -2.05. The third kappa shape index (κ3) is 3.26. The van der Waals surface area contributed by atoms with Gasteiger partial charge in [0.1, 0.15) is 0 Å². The van der Waals surface area contributed by atoms with Crippen molar-refractivity contribution in [1.82, 2.24) is 4.98 Å². The number of nitrogens with zero attached hydrogens (tertiary/aromatic N) is 1. The quantitative estimate of drug-likeness (QED) is 0.509. The number of ketones is 1. The van der Waals surface area contributed by atoms with Gasteiger partial charge in [0, 0.05) is 27.1 Å². The predicted octanol–water partition coefficient (Wildman–Crippen LogP) is 4.86. The van der Waals surface area contributed by atoms with Crippen LogP contribution in [0.1, 0.15) is 10.4 Å². The first-order valence-electron chi connectivity index (χ1n) is 6.49. The van der Waals surface area contributed by atoms with Crippen LogP contribution in [0.4, 0.5) is 0 Å². The first kappa shape index (κ1) is 14.1. The van der Waals surface area contributed by atoms with Gasteiger partial charge in [-0.15, -0.1) is 11.8 Å². The molecule has 3 rings (SSSR count). The molecule has 0 aliphatic heterocycles. The molecule has 1 aromatic heterocycles. The molecule has 0 N–H and O–H groups in total. The number of benzene rings is 2. The maximum Gasteiger partial charge on any atom is 0.175 e. The van der Waals surface area contributed by atoms with E-state index in [0.717, 1.165) is 15.8 Å². The van der Waals surface area contributed by atoms with E-state index in [1.54, 1.807) is 6.20 Å². The van der Waals surface area contributed by atoms with Gasteiger partial charge in [-0.1, -0.05) is 35.9 Å². The molecular weight excluding hydrogens is 302 g/mol. The Hall–Kier alpha value is -1.84. The highest BCUT2D eigenvalue weighted by Crippen LogP contribution is 2.24. The van der Waals surface area contributed by atoms with E-state index < -0.39 is 0 Å². The third-order valence-corrected chi connectivity index (χ3v) is 4.33. The molecule has 4 heteroatoms. The normalized spacial score (nSPS) is 10.7. The maximum atomic E-state index is 12.4. The summed E-state index contributed by atoms with van der Waals surface area (Å²) in [5, 5.41) is 1.66. The van der Waals surface area contributed by atoms with Crippen molar-refractivity contribution >= 4 is 40.0 Å². The summed E-state index contributed by atoms with van der Waals surface area (Å²) in [5.41, 5.74) is 1.43. The minimum absolute atomic E-state index is 0.0734. The van der Waals surface area contributed by atoms with Crippen molar-refractivity contribution in [3.05, 3.63) is 71.4 Å². The summed E-state index contributed by atoms with van der Waals surface area (Å²) >= 11 is 7.43. The molecule has 0 saturated heterocycles. The smallest absolute Gasteiger partial charge is 0.175 e. The van der Waals surface area contributed by atoms with Crippen LogP contribution in [0, 0.1) is 0 Å². The summed E-state index contributed by atoms with van der Waals surface area (Å²) in [6, 6.07) is 17.0. The van der Waals surface area contributed by atoms with Gasteiger partial charge in [-0.25, -0.2) is 0 Å². The summed E-state index contributed by atoms with van der Waals surface area (Å²) < 4.78 is 0. The topological polar surface area (TPSA) is 30.0 Å². The fourth-order valence-electron chi connectivity index (χ4n) is 2.11. The first-order valence-corrected chi connectivity index (χ1v) is 7.86. The molecule has 0 atom stereocenters. The SMILES string of the molecule is O=C(CSc1cccc(Cl)c1)c1cccc2cccnc12. The average molecular weight is 314 g/mol. The zero-order chi connectivity index (χ0) is 14.7. The average Bonchev–Trinajstić information content (AvgIpc) is 2.52. The number of carbonyl (C=O) groups excluding carboxylic acids is 1. The van der Waals surface area contributed by atoms with Crippen LogP contribution in [-0.4, -0.2) is 16.5 Å². The number of pyridine rings is 1. The van der Waals surface area contributed by atoms with Crippen LogP contribution in [0.25, 0.3) is 10.9 Å². The zero-order valence-electron chi connectivity index (χ0n) is 11.1. The number of hydrogen-bond donors (Lipinski definition) is 0. The molecule has 0 aliphatic rings. The molecule has 104 valence electrons. The summed E-state index contributed by atoms with van der Waals surface area (Å²) in [6.07, 6.45) is 1.71. The Morgan fingerprint density at radius 2 is 1.90 bits per heavy atom. The minimum Gasteiger partial charge on any atom is -0.293 e. The summed E-state index contributed by atoms with van der Waals surface area (Å²) in [5.74, 6) is 0.444. The summed E-state index contributed by atoms with van der Waals surface area (Å²) in [6.45, 7) is 0. The molecule has 3 aromatic rings. The number of halogens is 1. The van der Waals surface area contributed by atoms with E-state index in [4.69, 9.17) is 11.6 Å². The largest absolute Gasteiger partial charge is 0.293 e. The molecule has 2 aromatic carbocycles. The lowest BCUT2D eigenvalue weighted by molar-refractivity contribution is 0.102. The van der Waals surface area contributed by atoms with E-state index in [1.165, 1.54) is 11.8 Å². The Labute approximate surface area is 132 Å². The number of hydrogen-bond acceptors (Lipinski definition) is 3. The van der Waals surface area contributed by atoms with Crippen LogP contribution in [0.3, 0.4) is 0 Å². The fourth-order valence-corrected chi connectivity index (χ4v) is 3.21. The second kappa shape index (κ2) is 6.29. The van der Waals surface area contributed by atoms with Crippen molar-refractivity contribution in [3.8, 4) is 0 Å². The van der Waals surface area contributed by atoms with E-state index in [-0.39, 0.29) is 5.78 Å². The monoisotopic (exact) mass is 313 g/mol. The van der Waals surface area contributed by atoms with Crippen LogP contribution in [0.5, 0.6) is 0 Å². The van der Waals surface area contributed by atoms with Gasteiger partial charge in [-0.3, -0.25) is 9.78 Å². The molecule has 0 fully saturated rings. The zero-order valence-corrected chi connectivity index (χ0v) is 12.7. The first-order chi connectivity index (χ1) is 10.2. The molecule has 2 nitrogen and oxygen atoms in total. The number of fused-ring (bicyclic) bond motifs is 1. The Kier molecular flexibility index (Phi) is 4.23. The molecule has 0 radical (unpaired) electrons. The van der Waals surface area contributed by atoms with Crippen molar-refractivity contribution < 1.29 is 4.79 Å². The Balaban J connectivity index is 1.81. The molecule has 0 unspecified atom stereocenters. The van der Waals surface area contributed by atoms with E-state index in [1.807, 2.05) is 54.6 Å². The molecule has 0 spiro atoms. The molecule has 0 saturated carbocycles. The number of para-hydroxylation sites is 1. The van der Waals surface area contributed by atoms with Crippen molar-refractivity contribution in [2.45, 2.75) is 4.90 Å². The van der Waals surface area contributed by atoms with Gasteiger partial charge in [0.15, 0.2) is 5.78 Å². The molecule has 0 amide bonds. The van der Waals surface area contributed by atoms with Gasteiger partial charge in [0.25, 0.3) is 0 Å². The predicted molar refractivity (Wildman–Crippen MR) is 88.2 cm³/mol. The molecule has 1 heterocycles. The lowest BCUT2D eigenvalue weighted by atomic mass is 10.1. The molecule has 21 heavy (non-hydrogen) atoms. The van der Waals surface area contributed by atoms with Crippen LogP contribution < -0.4 is 0 Å². The van der Waals surface area contributed by atoms with Gasteiger partial charge in [-0.2, -0.15) is 0 Å². The second-order valence-corrected chi connectivity index (χ2v) is 6.04. The Morgan fingerprint density at radius 3 is 2.76 bits per heavy atom. The number of rotatable bonds is 4. The maximum absolute atomic E-state index is 12.4. The van der Waals surface area contributed by atoms with Gasteiger partial charge in [-0.05, 0) is 30.3 Å². The molecule has 0 bridgehead atoms. The van der Waals surface area contributed by atoms with Gasteiger partial charge in [0.05, 0.1) is 11.3 Å². The van der Waals surface area contributed by atoms with E-state index in [0.29, 0.717) is 16.3 Å². The standard InChI is InChI=1S/C17H12ClNOS/c18-13-6-2-7-14(10-13)21-11-16(20)15-8-1-4-12-5-3-9-19-17(12)15/h1-10H,11H2. The Morgan fingerprint density at radius 1 is 1.10 bits per heavy atom. The highest BCUT2D eigenvalue weighted by Gasteiger charge is 2.11. The van der Waals surface area contributed by atoms with Gasteiger partial charge in [0.2, 0.25) is 0 Å². The third-order valence-electron chi connectivity index (χ3n) is 3.10. The van der Waals surface area contributed by atoms with Crippen LogP contribution in [-0.2, 0) is 0 Å². The van der Waals surface area contributed by atoms with Gasteiger partial charge >= 0.3 is 0 Å². The van der Waals surface area contributed by atoms with Crippen molar-refractivity contribution in [2.75, 3.05) is 5.75 Å². The van der Waals surface area contributed by atoms with Crippen LogP contribution in [0.15, 0.2) is 65.7 Å². The van der Waals surface area contributed by atoms with Gasteiger partial charge < -0.3 is 0 Å². The van der Waals surface area contributed by atoms with Crippen molar-refractivity contribution in [3.63, 3.8) is 0 Å². The Bertz CT molecular complexity index is 798. The van der Waals surface area contributed by atoms with E-state index >= 15 is 0 Å². The molecule has 0 aliphatic carbocycles. The number of thioether (sulfide) groups is 1. The summed E-state index contributed by atoms with van der Waals surface area (Å²) in [7, 11) is 0. The minimum atomic E-state index is 0.0734. The lowest BCUT2D eigenvalue weighted by Crippen LogP contribution is -2.04. The highest BCUT2D eigenvalue weighted by atomic mass is 35.5. The number of carbonyl (C=O) groups is 1. The second-order valence-electron chi connectivity index (χ2n) is 4.55. The number of aromatic nitrogens is 1. The fraction of sp³-hybridized carbons (Fsp3) is 0.0588. The van der Waals surface area contributed by atoms with E-state index in [2.05, 4.69) is 4.98 Å². The van der Waals surface area contributed by atoms with E-state index in [9.17, 15) is 4.79 Å². The van der Waals surface area contributed by atoms with Crippen LogP contribution in [0.2, 0.25) is 5.02 Å². The van der Waals surface area contributed by atoms with Crippen LogP contribution >= 0.6 is 23.4 Å². The summed E-state index contributed by atoms with van der Waals surface area (Å²) in [4.78, 5) is 17.7. The van der Waals surface area contributed by atoms with Crippen molar-refractivity contribution in [1.29, 1.82) is 0 Å². The molecular formula is C17H12ClNOS. The highest BCUT2D eigenvalue weighted by molar-refractivity contribution is 8.00. The number of Topliss-reactive ketones (excluding diaryl/α,β-unsaturated/α-hetero) is 1. The van der Waals surface area contributed by atoms with Crippen molar-refractivity contribution in [2.24, 2.45) is 0 Å².